The number of H-pyrrole nitrogens is 1. The molecule has 0 amide bonds. The molecule has 0 aliphatic rings. The summed E-state index contributed by atoms with van der Waals surface area (Å²) in [5.74, 6) is 1.22. The molecule has 19 heavy (non-hydrogen) atoms. The molecule has 0 radical (unpaired) electrons. The van der Waals surface area contributed by atoms with Gasteiger partial charge in [-0.3, -0.25) is 0 Å². The van der Waals surface area contributed by atoms with Crippen LogP contribution in [0.15, 0.2) is 36.4 Å². The van der Waals surface area contributed by atoms with Gasteiger partial charge in [0.1, 0.15) is 0 Å². The maximum absolute atomic E-state index is 6.09. The molecule has 3 aromatic rings. The van der Waals surface area contributed by atoms with Gasteiger partial charge in [-0.2, -0.15) is 0 Å². The van der Waals surface area contributed by atoms with Gasteiger partial charge in [0, 0.05) is 26.8 Å². The molecule has 1 N–H and O–H groups in total. The Morgan fingerprint density at radius 1 is 0.895 bits per heavy atom. The number of hydrogen-bond donors (Lipinski definition) is 1. The molecule has 0 bridgehead atoms. The van der Waals surface area contributed by atoms with Crippen molar-refractivity contribution in [2.45, 2.75) is 26.7 Å². The molecule has 1 nitrogen and oxygen atoms in total. The summed E-state index contributed by atoms with van der Waals surface area (Å²) in [6.07, 6.45) is 0. The Hall–Kier alpha value is -1.47. The first-order chi connectivity index (χ1) is 9.06. The number of aromatic amines is 1. The van der Waals surface area contributed by atoms with E-state index in [1.807, 2.05) is 18.2 Å². The van der Waals surface area contributed by atoms with Crippen LogP contribution in [0.5, 0.6) is 0 Å². The summed E-state index contributed by atoms with van der Waals surface area (Å²) in [5.41, 5.74) is 3.73. The summed E-state index contributed by atoms with van der Waals surface area (Å²) in [5, 5.41) is 3.23. The lowest BCUT2D eigenvalue weighted by Crippen LogP contribution is -2.01. The molecule has 98 valence electrons. The van der Waals surface area contributed by atoms with Crippen molar-refractivity contribution in [1.29, 1.82) is 0 Å². The fourth-order valence-electron chi connectivity index (χ4n) is 2.56. The van der Waals surface area contributed by atoms with Crippen LogP contribution in [0.4, 0.5) is 0 Å². The first kappa shape index (κ1) is 12.6. The summed E-state index contributed by atoms with van der Waals surface area (Å²) >= 11 is 6.09. The number of rotatable bonds is 2. The second-order valence-corrected chi connectivity index (χ2v) is 6.09. The number of hydrogen-bond acceptors (Lipinski definition) is 0. The molecular formula is C17H18ClN. The van der Waals surface area contributed by atoms with E-state index < -0.39 is 0 Å². The van der Waals surface area contributed by atoms with E-state index in [4.69, 9.17) is 11.6 Å². The second-order valence-electron chi connectivity index (χ2n) is 5.65. The van der Waals surface area contributed by atoms with Gasteiger partial charge in [-0.15, -0.1) is 0 Å². The van der Waals surface area contributed by atoms with Crippen molar-refractivity contribution in [2.75, 3.05) is 0 Å². The van der Waals surface area contributed by atoms with Crippen molar-refractivity contribution in [3.05, 3.63) is 47.0 Å². The van der Waals surface area contributed by atoms with Crippen LogP contribution in [-0.2, 0) is 0 Å². The Morgan fingerprint density at radius 2 is 1.68 bits per heavy atom. The Kier molecular flexibility index (Phi) is 3.02. The van der Waals surface area contributed by atoms with Crippen LogP contribution in [0, 0.1) is 5.92 Å². The first-order valence-corrected chi connectivity index (χ1v) is 7.15. The lowest BCUT2D eigenvalue weighted by molar-refractivity contribution is 0.535. The smallest absolute Gasteiger partial charge is 0.0467 e. The average molecular weight is 272 g/mol. The lowest BCUT2D eigenvalue weighted by atomic mass is 9.90. The van der Waals surface area contributed by atoms with E-state index in [9.17, 15) is 0 Å². The molecule has 2 aromatic carbocycles. The predicted molar refractivity (Wildman–Crippen MR) is 84.1 cm³/mol. The number of aromatic nitrogens is 1. The van der Waals surface area contributed by atoms with E-state index in [1.165, 1.54) is 21.9 Å². The number of benzene rings is 2. The van der Waals surface area contributed by atoms with Gasteiger partial charge in [-0.1, -0.05) is 44.5 Å². The molecule has 0 aliphatic heterocycles. The Balaban J connectivity index is 2.22. The largest absolute Gasteiger partial charge is 0.355 e. The van der Waals surface area contributed by atoms with Crippen molar-refractivity contribution < 1.29 is 0 Å². The van der Waals surface area contributed by atoms with Crippen LogP contribution >= 0.6 is 11.6 Å². The van der Waals surface area contributed by atoms with Crippen LogP contribution in [0.25, 0.3) is 21.8 Å². The van der Waals surface area contributed by atoms with E-state index in [0.29, 0.717) is 11.8 Å². The zero-order valence-corrected chi connectivity index (χ0v) is 12.3. The van der Waals surface area contributed by atoms with E-state index in [1.54, 1.807) is 0 Å². The van der Waals surface area contributed by atoms with Crippen LogP contribution in [0.2, 0.25) is 5.02 Å². The Bertz CT molecular complexity index is 739. The Labute approximate surface area is 118 Å². The van der Waals surface area contributed by atoms with Crippen LogP contribution in [0.3, 0.4) is 0 Å². The van der Waals surface area contributed by atoms with Gasteiger partial charge in [-0.25, -0.2) is 0 Å². The summed E-state index contributed by atoms with van der Waals surface area (Å²) in [7, 11) is 0. The minimum absolute atomic E-state index is 0.569. The van der Waals surface area contributed by atoms with Crippen molar-refractivity contribution in [1.82, 2.24) is 4.98 Å². The fraction of sp³-hybridized carbons (Fsp3) is 0.294. The third kappa shape index (κ3) is 2.12. The van der Waals surface area contributed by atoms with Gasteiger partial charge in [0.2, 0.25) is 0 Å². The molecule has 2 heteroatoms. The van der Waals surface area contributed by atoms with Crippen LogP contribution in [0.1, 0.15) is 32.3 Å². The topological polar surface area (TPSA) is 15.8 Å². The van der Waals surface area contributed by atoms with E-state index in [-0.39, 0.29) is 0 Å². The second kappa shape index (κ2) is 4.57. The van der Waals surface area contributed by atoms with Crippen molar-refractivity contribution in [3.63, 3.8) is 0 Å². The molecular weight excluding hydrogens is 254 g/mol. The molecule has 3 rings (SSSR count). The number of fused-ring (bicyclic) bond motifs is 3. The van der Waals surface area contributed by atoms with Gasteiger partial charge >= 0.3 is 0 Å². The minimum atomic E-state index is 0.569. The molecule has 0 unspecified atom stereocenters. The van der Waals surface area contributed by atoms with Gasteiger partial charge in [-0.05, 0) is 41.7 Å². The maximum Gasteiger partial charge on any atom is 0.0467 e. The van der Waals surface area contributed by atoms with Gasteiger partial charge in [0.05, 0.1) is 0 Å². The monoisotopic (exact) mass is 271 g/mol. The van der Waals surface area contributed by atoms with E-state index >= 15 is 0 Å². The zero-order valence-electron chi connectivity index (χ0n) is 11.5. The minimum Gasteiger partial charge on any atom is -0.355 e. The SMILES string of the molecule is CC(C)[C@H](C)c1ccc2c(c1)[nH]c1ccc(Cl)cc12. The molecule has 1 atom stereocenters. The van der Waals surface area contributed by atoms with Crippen LogP contribution in [-0.4, -0.2) is 4.98 Å². The highest BCUT2D eigenvalue weighted by molar-refractivity contribution is 6.31. The molecule has 0 fully saturated rings. The van der Waals surface area contributed by atoms with Crippen molar-refractivity contribution >= 4 is 33.4 Å². The molecule has 1 heterocycles. The number of nitrogens with one attached hydrogen (secondary N) is 1. The van der Waals surface area contributed by atoms with Crippen molar-refractivity contribution in [2.24, 2.45) is 5.92 Å². The maximum atomic E-state index is 6.09. The first-order valence-electron chi connectivity index (χ1n) is 6.77. The van der Waals surface area contributed by atoms with E-state index in [0.717, 1.165) is 10.5 Å². The summed E-state index contributed by atoms with van der Waals surface area (Å²) in [6, 6.07) is 12.7. The highest BCUT2D eigenvalue weighted by Gasteiger charge is 2.12. The van der Waals surface area contributed by atoms with Gasteiger partial charge in [0.25, 0.3) is 0 Å². The standard InChI is InChI=1S/C17H18ClN/c1-10(2)11(3)12-4-6-14-15-9-13(18)5-7-16(15)19-17(14)8-12/h4-11,19H,1-3H3/t11-/m0/s1. The zero-order chi connectivity index (χ0) is 13.6. The highest BCUT2D eigenvalue weighted by Crippen LogP contribution is 2.31. The summed E-state index contributed by atoms with van der Waals surface area (Å²) < 4.78 is 0. The number of halogens is 1. The van der Waals surface area contributed by atoms with Crippen molar-refractivity contribution in [3.8, 4) is 0 Å². The Morgan fingerprint density at radius 3 is 2.42 bits per heavy atom. The van der Waals surface area contributed by atoms with Gasteiger partial charge < -0.3 is 4.98 Å². The quantitative estimate of drug-likeness (QED) is 0.612. The fourth-order valence-corrected chi connectivity index (χ4v) is 2.73. The third-order valence-corrected chi connectivity index (χ3v) is 4.35. The van der Waals surface area contributed by atoms with Crippen LogP contribution < -0.4 is 0 Å². The van der Waals surface area contributed by atoms with Gasteiger partial charge in [0.15, 0.2) is 0 Å². The normalized spacial score (nSPS) is 13.5. The highest BCUT2D eigenvalue weighted by atomic mass is 35.5. The molecule has 0 aliphatic carbocycles. The summed E-state index contributed by atoms with van der Waals surface area (Å²) in [6.45, 7) is 6.81. The predicted octanol–water partition coefficient (Wildman–Crippen LogP) is 5.73. The molecule has 1 aromatic heterocycles. The molecule has 0 saturated heterocycles. The third-order valence-electron chi connectivity index (χ3n) is 4.11. The molecule has 0 saturated carbocycles. The van der Waals surface area contributed by atoms with E-state index in [2.05, 4.69) is 44.0 Å². The average Bonchev–Trinajstić information content (AvgIpc) is 2.74. The lowest BCUT2D eigenvalue weighted by Gasteiger charge is -2.15. The molecule has 0 spiro atoms. The summed E-state index contributed by atoms with van der Waals surface area (Å²) in [4.78, 5) is 3.48.